The molecule has 3 aromatic rings. The smallest absolute Gasteiger partial charge is 0.190 e. The Balaban J connectivity index is 1.76. The summed E-state index contributed by atoms with van der Waals surface area (Å²) in [5, 5.41) is 17.7. The summed E-state index contributed by atoms with van der Waals surface area (Å²) in [5.74, 6) is 1.67. The molecule has 0 radical (unpaired) electrons. The van der Waals surface area contributed by atoms with Gasteiger partial charge in [0.15, 0.2) is 11.1 Å². The van der Waals surface area contributed by atoms with Crippen LogP contribution in [-0.4, -0.2) is 32.6 Å². The molecule has 0 aliphatic heterocycles. The fourth-order valence-electron chi connectivity index (χ4n) is 2.34. The van der Waals surface area contributed by atoms with Crippen molar-refractivity contribution in [3.05, 3.63) is 59.4 Å². The summed E-state index contributed by atoms with van der Waals surface area (Å²) in [6.45, 7) is 0.870. The topological polar surface area (TPSA) is 57.8 Å². The average Bonchev–Trinajstić information content (AvgIpc) is 2.96. The van der Waals surface area contributed by atoms with Gasteiger partial charge in [-0.3, -0.25) is 0 Å². The Morgan fingerprint density at radius 3 is 2.48 bits per heavy atom. The van der Waals surface area contributed by atoms with Crippen LogP contribution in [0.25, 0.3) is 10.2 Å². The predicted octanol–water partition coefficient (Wildman–Crippen LogP) is 4.02. The lowest BCUT2D eigenvalue weighted by atomic mass is 10.3. The Kier molecular flexibility index (Phi) is 7.01. The molecule has 0 aliphatic rings. The molecular weight excluding hydrogens is 372 g/mol. The number of aliphatic hydroxyl groups excluding tert-OH is 1. The van der Waals surface area contributed by atoms with Crippen molar-refractivity contribution in [2.45, 2.75) is 19.3 Å². The molecule has 0 saturated carbocycles. The number of nitrogens with zero attached hydrogens (tertiary/aromatic N) is 2. The van der Waals surface area contributed by atoms with Crippen LogP contribution in [0.3, 0.4) is 0 Å². The molecule has 25 heavy (non-hydrogen) atoms. The zero-order valence-corrected chi connectivity index (χ0v) is 16.1. The van der Waals surface area contributed by atoms with Gasteiger partial charge < -0.3 is 14.8 Å². The van der Waals surface area contributed by atoms with Gasteiger partial charge in [-0.05, 0) is 24.3 Å². The molecule has 0 bridgehead atoms. The number of rotatable bonds is 8. The highest BCUT2D eigenvalue weighted by atomic mass is 33.1. The second-order valence-corrected chi connectivity index (χ2v) is 9.08. The molecule has 0 atom stereocenters. The fraction of sp³-hybridized carbons (Fsp3) is 0.278. The maximum atomic E-state index is 8.87. The van der Waals surface area contributed by atoms with Crippen LogP contribution in [0.1, 0.15) is 6.42 Å². The van der Waals surface area contributed by atoms with Crippen molar-refractivity contribution in [2.24, 2.45) is 4.99 Å². The van der Waals surface area contributed by atoms with E-state index >= 15 is 0 Å². The molecule has 0 fully saturated rings. The van der Waals surface area contributed by atoms with Crippen molar-refractivity contribution in [2.75, 3.05) is 11.5 Å². The third-order valence-corrected chi connectivity index (χ3v) is 6.99. The molecule has 3 rings (SSSR count). The molecule has 0 saturated heterocycles. The molecule has 0 unspecified atom stereocenters. The van der Waals surface area contributed by atoms with Crippen LogP contribution in [0.2, 0.25) is 0 Å². The maximum Gasteiger partial charge on any atom is 0.190 e. The van der Waals surface area contributed by atoms with E-state index in [1.807, 2.05) is 30.3 Å². The van der Waals surface area contributed by atoms with E-state index < -0.39 is 6.29 Å². The van der Waals surface area contributed by atoms with Gasteiger partial charge in [0.25, 0.3) is 0 Å². The Labute approximate surface area is 158 Å². The van der Waals surface area contributed by atoms with E-state index in [1.165, 1.54) is 10.2 Å². The van der Waals surface area contributed by atoms with E-state index in [4.69, 9.17) is 15.2 Å². The molecule has 1 heterocycles. The van der Waals surface area contributed by atoms with Gasteiger partial charge in [-0.2, -0.15) is 0 Å². The average molecular weight is 393 g/mol. The largest absolute Gasteiger partial charge is 0.368 e. The molecule has 0 amide bonds. The third-order valence-electron chi connectivity index (χ3n) is 3.51. The second-order valence-electron chi connectivity index (χ2n) is 5.36. The minimum Gasteiger partial charge on any atom is -0.368 e. The van der Waals surface area contributed by atoms with Crippen molar-refractivity contribution in [1.82, 2.24) is 4.57 Å². The van der Waals surface area contributed by atoms with Gasteiger partial charge in [0.2, 0.25) is 0 Å². The second kappa shape index (κ2) is 9.45. The Hall–Kier alpha value is -1.25. The lowest BCUT2D eigenvalue weighted by Gasteiger charge is -2.06. The van der Waals surface area contributed by atoms with Gasteiger partial charge in [0.1, 0.15) is 0 Å². The van der Waals surface area contributed by atoms with Crippen LogP contribution in [0.15, 0.2) is 59.6 Å². The first-order valence-corrected chi connectivity index (χ1v) is 11.3. The highest BCUT2D eigenvalue weighted by Gasteiger charge is 2.06. The summed E-state index contributed by atoms with van der Waals surface area (Å²) in [5.41, 5.74) is 2.17. The minimum absolute atomic E-state index is 0.404. The summed E-state index contributed by atoms with van der Waals surface area (Å²) in [6, 6.07) is 18.4. The van der Waals surface area contributed by atoms with Gasteiger partial charge in [-0.25, -0.2) is 4.99 Å². The van der Waals surface area contributed by atoms with Gasteiger partial charge in [0, 0.05) is 24.5 Å². The van der Waals surface area contributed by atoms with E-state index in [2.05, 4.69) is 28.8 Å². The number of benzene rings is 2. The number of hydrogen-bond acceptors (Lipinski definition) is 6. The Bertz CT molecular complexity index is 859. The van der Waals surface area contributed by atoms with Crippen LogP contribution in [0, 0.1) is 0 Å². The first-order valence-electron chi connectivity index (χ1n) is 8.03. The molecule has 4 nitrogen and oxygen atoms in total. The highest BCUT2D eigenvalue weighted by Crippen LogP contribution is 2.24. The van der Waals surface area contributed by atoms with Crippen molar-refractivity contribution in [1.29, 1.82) is 0 Å². The van der Waals surface area contributed by atoms with Crippen molar-refractivity contribution in [3.63, 3.8) is 0 Å². The van der Waals surface area contributed by atoms with Crippen molar-refractivity contribution in [3.8, 4) is 0 Å². The molecular formula is C18H20N2O2S3. The quantitative estimate of drug-likeness (QED) is 0.345. The zero-order valence-electron chi connectivity index (χ0n) is 13.6. The Morgan fingerprint density at radius 2 is 1.68 bits per heavy atom. The summed E-state index contributed by atoms with van der Waals surface area (Å²) in [6.07, 6.45) is -0.805. The number of hydrogen-bond donors (Lipinski definition) is 2. The van der Waals surface area contributed by atoms with Gasteiger partial charge in [-0.1, -0.05) is 63.3 Å². The summed E-state index contributed by atoms with van der Waals surface area (Å²) >= 11 is 1.71. The van der Waals surface area contributed by atoms with Crippen LogP contribution in [0.4, 0.5) is 5.69 Å². The molecule has 2 N–H and O–H groups in total. The number of aliphatic hydroxyl groups is 2. The van der Waals surface area contributed by atoms with Gasteiger partial charge >= 0.3 is 0 Å². The van der Waals surface area contributed by atoms with E-state index in [9.17, 15) is 0 Å². The van der Waals surface area contributed by atoms with Crippen molar-refractivity contribution >= 4 is 48.8 Å². The number of fused-ring (bicyclic) bond motifs is 1. The van der Waals surface area contributed by atoms with E-state index in [0.717, 1.165) is 28.5 Å². The third kappa shape index (κ3) is 5.36. The van der Waals surface area contributed by atoms with Gasteiger partial charge in [0.05, 0.1) is 15.9 Å². The van der Waals surface area contributed by atoms with E-state index in [0.29, 0.717) is 6.42 Å². The van der Waals surface area contributed by atoms with Crippen LogP contribution < -0.4 is 4.80 Å². The SMILES string of the molecule is OC(O)CCSSCCn1c(=Nc2ccccc2)sc2ccccc21. The fourth-order valence-corrected chi connectivity index (χ4v) is 5.43. The monoisotopic (exact) mass is 392 g/mol. The highest BCUT2D eigenvalue weighted by molar-refractivity contribution is 8.76. The lowest BCUT2D eigenvalue weighted by molar-refractivity contribution is -0.0404. The first kappa shape index (κ1) is 18.5. The van der Waals surface area contributed by atoms with Gasteiger partial charge in [-0.15, -0.1) is 0 Å². The van der Waals surface area contributed by atoms with E-state index in [1.54, 1.807) is 32.9 Å². The maximum absolute atomic E-state index is 8.87. The first-order chi connectivity index (χ1) is 12.2. The standard InChI is InChI=1S/C18H20N2O2S3/c21-17(22)10-12-23-24-13-11-20-15-8-4-5-9-16(15)25-18(20)19-14-6-2-1-3-7-14/h1-9,17,21-22H,10-13H2. The molecule has 0 spiro atoms. The zero-order chi connectivity index (χ0) is 17.5. The molecule has 132 valence electrons. The molecule has 0 aliphatic carbocycles. The summed E-state index contributed by atoms with van der Waals surface area (Å²) < 4.78 is 3.50. The number of aryl methyl sites for hydroxylation is 1. The van der Waals surface area contributed by atoms with Crippen molar-refractivity contribution < 1.29 is 10.2 Å². The summed E-state index contributed by atoms with van der Waals surface area (Å²) in [4.78, 5) is 5.82. The molecule has 2 aromatic carbocycles. The number of para-hydroxylation sites is 2. The van der Waals surface area contributed by atoms with E-state index in [-0.39, 0.29) is 0 Å². The predicted molar refractivity (Wildman–Crippen MR) is 109 cm³/mol. The number of thiazole rings is 1. The molecule has 7 heteroatoms. The summed E-state index contributed by atoms with van der Waals surface area (Å²) in [7, 11) is 3.43. The number of aromatic nitrogens is 1. The minimum atomic E-state index is -1.21. The van der Waals surface area contributed by atoms with Crippen LogP contribution in [-0.2, 0) is 6.54 Å². The lowest BCUT2D eigenvalue weighted by Crippen LogP contribution is -2.15. The normalized spacial score (nSPS) is 12.4. The van der Waals surface area contributed by atoms with Crippen LogP contribution in [0.5, 0.6) is 0 Å². The van der Waals surface area contributed by atoms with Crippen LogP contribution >= 0.6 is 32.9 Å². The molecule has 1 aromatic heterocycles. The Morgan fingerprint density at radius 1 is 0.960 bits per heavy atom.